The second-order valence-corrected chi connectivity index (χ2v) is 6.10. The number of rotatable bonds is 3. The van der Waals surface area contributed by atoms with Gasteiger partial charge in [0.15, 0.2) is 5.13 Å². The molecule has 0 saturated heterocycles. The molecule has 2 N–H and O–H groups in total. The van der Waals surface area contributed by atoms with Crippen LogP contribution in [0, 0.1) is 6.92 Å². The first kappa shape index (κ1) is 15.2. The van der Waals surface area contributed by atoms with Crippen molar-refractivity contribution in [2.24, 2.45) is 0 Å². The number of anilines is 1. The van der Waals surface area contributed by atoms with E-state index in [0.29, 0.717) is 15.7 Å². The van der Waals surface area contributed by atoms with Gasteiger partial charge in [-0.15, -0.1) is 11.6 Å². The van der Waals surface area contributed by atoms with E-state index in [0.717, 1.165) is 0 Å². The van der Waals surface area contributed by atoms with Crippen LogP contribution in [0.5, 0.6) is 0 Å². The van der Waals surface area contributed by atoms with E-state index in [1.165, 1.54) is 11.3 Å². The largest absolute Gasteiger partial charge is 0.444 e. The van der Waals surface area contributed by atoms with E-state index in [9.17, 15) is 9.90 Å². The summed E-state index contributed by atoms with van der Waals surface area (Å²) in [6.45, 7) is 7.09. The summed E-state index contributed by atoms with van der Waals surface area (Å²) >= 11 is 6.77. The summed E-state index contributed by atoms with van der Waals surface area (Å²) in [6, 6.07) is 0. The number of ether oxygens (including phenoxy) is 1. The van der Waals surface area contributed by atoms with Gasteiger partial charge < -0.3 is 9.84 Å². The SMILES string of the molecule is Cc1nc(NC(=O)OC(C)(C)C)sc1C(O)CCl. The highest BCUT2D eigenvalue weighted by atomic mass is 35.5. The molecule has 1 amide bonds. The smallest absolute Gasteiger partial charge is 0.413 e. The minimum absolute atomic E-state index is 0.0922. The van der Waals surface area contributed by atoms with Gasteiger partial charge in [0.1, 0.15) is 11.7 Å². The molecule has 0 bridgehead atoms. The van der Waals surface area contributed by atoms with Crippen LogP contribution in [0.1, 0.15) is 37.4 Å². The fourth-order valence-corrected chi connectivity index (χ4v) is 2.42. The Labute approximate surface area is 115 Å². The number of halogens is 1. The fourth-order valence-electron chi connectivity index (χ4n) is 1.23. The lowest BCUT2D eigenvalue weighted by atomic mass is 10.2. The normalized spacial score (nSPS) is 13.2. The summed E-state index contributed by atoms with van der Waals surface area (Å²) in [6.07, 6.45) is -1.33. The van der Waals surface area contributed by atoms with Crippen LogP contribution in [0.15, 0.2) is 0 Å². The summed E-state index contributed by atoms with van der Waals surface area (Å²) in [5, 5.41) is 12.6. The molecule has 0 saturated carbocycles. The van der Waals surface area contributed by atoms with Gasteiger partial charge in [0.05, 0.1) is 16.5 Å². The molecule has 5 nitrogen and oxygen atoms in total. The predicted molar refractivity (Wildman–Crippen MR) is 72.4 cm³/mol. The Morgan fingerprint density at radius 1 is 1.61 bits per heavy atom. The molecule has 18 heavy (non-hydrogen) atoms. The van der Waals surface area contributed by atoms with E-state index >= 15 is 0 Å². The molecule has 0 fully saturated rings. The minimum Gasteiger partial charge on any atom is -0.444 e. The average molecular weight is 293 g/mol. The molecule has 0 aliphatic heterocycles. The van der Waals surface area contributed by atoms with Crippen molar-refractivity contribution in [3.63, 3.8) is 0 Å². The van der Waals surface area contributed by atoms with Gasteiger partial charge in [-0.25, -0.2) is 9.78 Å². The maximum absolute atomic E-state index is 11.5. The van der Waals surface area contributed by atoms with Crippen LogP contribution in [0.4, 0.5) is 9.93 Å². The van der Waals surface area contributed by atoms with E-state index in [1.807, 2.05) is 0 Å². The lowest BCUT2D eigenvalue weighted by Gasteiger charge is -2.18. The molecule has 0 aliphatic carbocycles. The topological polar surface area (TPSA) is 71.5 Å². The van der Waals surface area contributed by atoms with Crippen molar-refractivity contribution in [1.29, 1.82) is 0 Å². The maximum atomic E-state index is 11.5. The Hall–Kier alpha value is -0.850. The summed E-state index contributed by atoms with van der Waals surface area (Å²) in [5.74, 6) is 0.0922. The van der Waals surface area contributed by atoms with Gasteiger partial charge in [-0.2, -0.15) is 0 Å². The second-order valence-electron chi connectivity index (χ2n) is 4.77. The number of aliphatic hydroxyl groups excluding tert-OH is 1. The third-order valence-electron chi connectivity index (χ3n) is 1.89. The zero-order chi connectivity index (χ0) is 13.9. The third kappa shape index (κ3) is 4.44. The molecular weight excluding hydrogens is 276 g/mol. The van der Waals surface area contributed by atoms with Gasteiger partial charge in [-0.05, 0) is 27.7 Å². The third-order valence-corrected chi connectivity index (χ3v) is 3.36. The fraction of sp³-hybridized carbons (Fsp3) is 0.636. The van der Waals surface area contributed by atoms with E-state index in [4.69, 9.17) is 16.3 Å². The van der Waals surface area contributed by atoms with E-state index < -0.39 is 17.8 Å². The van der Waals surface area contributed by atoms with Crippen molar-refractivity contribution in [1.82, 2.24) is 4.98 Å². The number of hydrogen-bond acceptors (Lipinski definition) is 5. The van der Waals surface area contributed by atoms with Gasteiger partial charge in [0.2, 0.25) is 0 Å². The lowest BCUT2D eigenvalue weighted by Crippen LogP contribution is -2.27. The van der Waals surface area contributed by atoms with Gasteiger partial charge in [0.25, 0.3) is 0 Å². The van der Waals surface area contributed by atoms with Crippen LogP contribution in [-0.4, -0.2) is 27.7 Å². The number of carbonyl (C=O) groups is 1. The van der Waals surface area contributed by atoms with Crippen molar-refractivity contribution < 1.29 is 14.6 Å². The predicted octanol–water partition coefficient (Wildman–Crippen LogP) is 3.07. The molecule has 1 rings (SSSR count). The highest BCUT2D eigenvalue weighted by Gasteiger charge is 2.19. The zero-order valence-electron chi connectivity index (χ0n) is 10.8. The molecule has 0 aliphatic rings. The molecule has 0 spiro atoms. The quantitative estimate of drug-likeness (QED) is 0.840. The van der Waals surface area contributed by atoms with E-state index in [1.54, 1.807) is 27.7 Å². The number of hydrogen-bond donors (Lipinski definition) is 2. The summed E-state index contributed by atoms with van der Waals surface area (Å²) in [5.41, 5.74) is 0.0914. The van der Waals surface area contributed by atoms with Crippen molar-refractivity contribution in [3.05, 3.63) is 10.6 Å². The molecule has 1 unspecified atom stereocenters. The first-order chi connectivity index (χ1) is 8.23. The molecular formula is C11H17ClN2O3S. The lowest BCUT2D eigenvalue weighted by molar-refractivity contribution is 0.0636. The Kier molecular flexibility index (Phi) is 4.95. The Balaban J connectivity index is 2.72. The summed E-state index contributed by atoms with van der Waals surface area (Å²) in [7, 11) is 0. The van der Waals surface area contributed by atoms with Gasteiger partial charge in [-0.1, -0.05) is 11.3 Å². The van der Waals surface area contributed by atoms with Crippen LogP contribution in [0.3, 0.4) is 0 Å². The number of aliphatic hydroxyl groups is 1. The Bertz CT molecular complexity index is 428. The van der Waals surface area contributed by atoms with Gasteiger partial charge in [-0.3, -0.25) is 5.32 Å². The van der Waals surface area contributed by atoms with E-state index in [-0.39, 0.29) is 5.88 Å². The van der Waals surface area contributed by atoms with Crippen LogP contribution in [0.25, 0.3) is 0 Å². The maximum Gasteiger partial charge on any atom is 0.413 e. The number of thiazole rings is 1. The molecule has 1 atom stereocenters. The average Bonchev–Trinajstić information content (AvgIpc) is 2.55. The highest BCUT2D eigenvalue weighted by molar-refractivity contribution is 7.16. The second kappa shape index (κ2) is 5.86. The molecule has 102 valence electrons. The first-order valence-electron chi connectivity index (χ1n) is 5.44. The summed E-state index contributed by atoms with van der Waals surface area (Å²) < 4.78 is 5.11. The van der Waals surface area contributed by atoms with Crippen molar-refractivity contribution in [2.45, 2.75) is 39.4 Å². The molecule has 1 aromatic heterocycles. The number of alkyl halides is 1. The van der Waals surface area contributed by atoms with Crippen molar-refractivity contribution in [2.75, 3.05) is 11.2 Å². The molecule has 0 radical (unpaired) electrons. The number of carbonyl (C=O) groups excluding carboxylic acids is 1. The Morgan fingerprint density at radius 3 is 2.72 bits per heavy atom. The number of aromatic nitrogens is 1. The molecule has 1 heterocycles. The first-order valence-corrected chi connectivity index (χ1v) is 6.79. The van der Waals surface area contributed by atoms with Crippen LogP contribution < -0.4 is 5.32 Å². The Morgan fingerprint density at radius 2 is 2.22 bits per heavy atom. The molecule has 1 aromatic rings. The monoisotopic (exact) mass is 292 g/mol. The van der Waals surface area contributed by atoms with E-state index in [2.05, 4.69) is 10.3 Å². The molecule has 0 aromatic carbocycles. The minimum atomic E-state index is -0.765. The number of nitrogens with one attached hydrogen (secondary N) is 1. The van der Waals surface area contributed by atoms with Crippen molar-refractivity contribution in [3.8, 4) is 0 Å². The van der Waals surface area contributed by atoms with Crippen LogP contribution >= 0.6 is 22.9 Å². The van der Waals surface area contributed by atoms with Crippen LogP contribution in [-0.2, 0) is 4.74 Å². The van der Waals surface area contributed by atoms with Gasteiger partial charge >= 0.3 is 6.09 Å². The zero-order valence-corrected chi connectivity index (χ0v) is 12.4. The highest BCUT2D eigenvalue weighted by Crippen LogP contribution is 2.29. The molecule has 7 heteroatoms. The number of amides is 1. The summed E-state index contributed by atoms with van der Waals surface area (Å²) in [4.78, 5) is 16.3. The standard InChI is InChI=1S/C11H17ClN2O3S/c1-6-8(7(15)5-12)18-9(13-6)14-10(16)17-11(2,3)4/h7,15H,5H2,1-4H3,(H,13,14,16). The number of aryl methyl sites for hydroxylation is 1. The van der Waals surface area contributed by atoms with Crippen molar-refractivity contribution >= 4 is 34.2 Å². The number of nitrogens with zero attached hydrogens (tertiary/aromatic N) is 1. The van der Waals surface area contributed by atoms with Crippen LogP contribution in [0.2, 0.25) is 0 Å². The van der Waals surface area contributed by atoms with Gasteiger partial charge in [0, 0.05) is 0 Å².